The van der Waals surface area contributed by atoms with Gasteiger partial charge in [0, 0.05) is 25.8 Å². The van der Waals surface area contributed by atoms with Gasteiger partial charge in [-0.25, -0.2) is 0 Å². The van der Waals surface area contributed by atoms with Gasteiger partial charge in [0.05, 0.1) is 31.5 Å². The quantitative estimate of drug-likeness (QED) is 0.779. The highest BCUT2D eigenvalue weighted by atomic mass is 16.5. The number of carbonyl (C=O) groups is 1. The molecule has 4 rings (SSSR count). The van der Waals surface area contributed by atoms with Gasteiger partial charge in [-0.3, -0.25) is 9.69 Å². The lowest BCUT2D eigenvalue weighted by atomic mass is 9.93. The summed E-state index contributed by atoms with van der Waals surface area (Å²) in [5.74, 6) is 1.82. The number of nitrogens with zero attached hydrogens (tertiary/aromatic N) is 2. The summed E-state index contributed by atoms with van der Waals surface area (Å²) in [7, 11) is 0. The molecule has 2 fully saturated rings. The molecule has 2 aromatic heterocycles. The van der Waals surface area contributed by atoms with Crippen LogP contribution in [0, 0.1) is 5.92 Å². The van der Waals surface area contributed by atoms with E-state index >= 15 is 0 Å². The Morgan fingerprint density at radius 1 is 1.04 bits per heavy atom. The van der Waals surface area contributed by atoms with Crippen molar-refractivity contribution in [3.8, 4) is 0 Å². The fourth-order valence-corrected chi connectivity index (χ4v) is 4.24. The number of ether oxygens (including phenoxy) is 1. The van der Waals surface area contributed by atoms with Gasteiger partial charge in [0.1, 0.15) is 11.5 Å². The first-order valence-corrected chi connectivity index (χ1v) is 9.95. The fraction of sp³-hybridized carbons (Fsp3) is 0.571. The third-order valence-electron chi connectivity index (χ3n) is 5.67. The van der Waals surface area contributed by atoms with E-state index in [-0.39, 0.29) is 11.8 Å². The zero-order valence-electron chi connectivity index (χ0n) is 15.7. The van der Waals surface area contributed by atoms with Crippen LogP contribution in [0.5, 0.6) is 0 Å². The second kappa shape index (κ2) is 8.76. The fourth-order valence-electron chi connectivity index (χ4n) is 4.24. The first-order chi connectivity index (χ1) is 13.3. The van der Waals surface area contributed by atoms with Gasteiger partial charge in [0.15, 0.2) is 0 Å². The van der Waals surface area contributed by atoms with Crippen LogP contribution in [0.1, 0.15) is 37.2 Å². The van der Waals surface area contributed by atoms with Crippen molar-refractivity contribution >= 4 is 5.91 Å². The van der Waals surface area contributed by atoms with Gasteiger partial charge >= 0.3 is 0 Å². The van der Waals surface area contributed by atoms with E-state index in [9.17, 15) is 4.79 Å². The summed E-state index contributed by atoms with van der Waals surface area (Å²) in [6.45, 7) is 4.55. The Morgan fingerprint density at radius 2 is 1.70 bits per heavy atom. The molecule has 27 heavy (non-hydrogen) atoms. The van der Waals surface area contributed by atoms with Crippen LogP contribution in [0.4, 0.5) is 0 Å². The maximum Gasteiger partial charge on any atom is 0.227 e. The standard InChI is InChI=1S/C21H28N2O4/c24-21(17-4-1-9-22(14-17)18-7-12-25-13-8-18)23(15-19-5-2-10-26-19)16-20-6-3-11-27-20/h2-3,5-6,10-11,17-18H,1,4,7-9,12-16H2. The highest BCUT2D eigenvalue weighted by Crippen LogP contribution is 2.26. The number of hydrogen-bond donors (Lipinski definition) is 0. The Hall–Kier alpha value is -2.05. The lowest BCUT2D eigenvalue weighted by Crippen LogP contribution is -2.49. The van der Waals surface area contributed by atoms with Crippen molar-refractivity contribution in [1.29, 1.82) is 0 Å². The minimum Gasteiger partial charge on any atom is -0.467 e. The molecule has 6 heteroatoms. The molecule has 4 heterocycles. The molecule has 0 bridgehead atoms. The molecular formula is C21H28N2O4. The molecule has 1 amide bonds. The van der Waals surface area contributed by atoms with Crippen LogP contribution >= 0.6 is 0 Å². The number of carbonyl (C=O) groups excluding carboxylic acids is 1. The monoisotopic (exact) mass is 372 g/mol. The summed E-state index contributed by atoms with van der Waals surface area (Å²) in [6.07, 6.45) is 7.47. The molecule has 0 radical (unpaired) electrons. The van der Waals surface area contributed by atoms with E-state index in [0.717, 1.165) is 63.5 Å². The molecule has 1 atom stereocenters. The summed E-state index contributed by atoms with van der Waals surface area (Å²) >= 11 is 0. The van der Waals surface area contributed by atoms with E-state index in [1.165, 1.54) is 0 Å². The molecule has 0 aliphatic carbocycles. The predicted octanol–water partition coefficient (Wildman–Crippen LogP) is 3.29. The minimum atomic E-state index is 0.0338. The zero-order valence-corrected chi connectivity index (χ0v) is 15.7. The Balaban J connectivity index is 1.44. The number of piperidine rings is 1. The van der Waals surface area contributed by atoms with Gasteiger partial charge in [-0.15, -0.1) is 0 Å². The largest absolute Gasteiger partial charge is 0.467 e. The highest BCUT2D eigenvalue weighted by molar-refractivity contribution is 5.79. The molecule has 0 N–H and O–H groups in total. The van der Waals surface area contributed by atoms with Crippen LogP contribution in [-0.4, -0.2) is 48.1 Å². The Bertz CT molecular complexity index is 656. The topological polar surface area (TPSA) is 59.1 Å². The Kier molecular flexibility index (Phi) is 5.94. The van der Waals surface area contributed by atoms with Crippen LogP contribution < -0.4 is 0 Å². The van der Waals surface area contributed by atoms with Crippen molar-refractivity contribution in [3.05, 3.63) is 48.3 Å². The molecule has 2 aliphatic rings. The molecule has 0 spiro atoms. The number of hydrogen-bond acceptors (Lipinski definition) is 5. The van der Waals surface area contributed by atoms with Gasteiger partial charge in [-0.2, -0.15) is 0 Å². The molecule has 146 valence electrons. The molecule has 1 unspecified atom stereocenters. The van der Waals surface area contributed by atoms with Crippen molar-refractivity contribution < 1.29 is 18.4 Å². The van der Waals surface area contributed by atoms with Crippen molar-refractivity contribution in [2.75, 3.05) is 26.3 Å². The maximum absolute atomic E-state index is 13.4. The van der Waals surface area contributed by atoms with Crippen molar-refractivity contribution in [2.45, 2.75) is 44.8 Å². The van der Waals surface area contributed by atoms with Gasteiger partial charge in [-0.1, -0.05) is 0 Å². The first-order valence-electron chi connectivity index (χ1n) is 9.95. The van der Waals surface area contributed by atoms with E-state index in [1.807, 2.05) is 29.2 Å². The molecule has 6 nitrogen and oxygen atoms in total. The van der Waals surface area contributed by atoms with E-state index in [4.69, 9.17) is 13.6 Å². The van der Waals surface area contributed by atoms with E-state index in [1.54, 1.807) is 12.5 Å². The normalized spacial score (nSPS) is 22.0. The smallest absolute Gasteiger partial charge is 0.227 e. The van der Waals surface area contributed by atoms with Crippen LogP contribution in [0.2, 0.25) is 0 Å². The summed E-state index contributed by atoms with van der Waals surface area (Å²) in [5, 5.41) is 0. The minimum absolute atomic E-state index is 0.0338. The first kappa shape index (κ1) is 18.3. The summed E-state index contributed by atoms with van der Waals surface area (Å²) in [6, 6.07) is 8.10. The maximum atomic E-state index is 13.4. The molecule has 2 saturated heterocycles. The number of furan rings is 2. The Morgan fingerprint density at radius 3 is 2.30 bits per heavy atom. The zero-order chi connectivity index (χ0) is 18.5. The Labute approximate surface area is 160 Å². The predicted molar refractivity (Wildman–Crippen MR) is 99.8 cm³/mol. The lowest BCUT2D eigenvalue weighted by Gasteiger charge is -2.40. The van der Waals surface area contributed by atoms with Crippen LogP contribution in [-0.2, 0) is 22.6 Å². The van der Waals surface area contributed by atoms with Gasteiger partial charge in [-0.05, 0) is 56.5 Å². The average Bonchev–Trinajstić information content (AvgIpc) is 3.42. The summed E-state index contributed by atoms with van der Waals surface area (Å²) in [5.41, 5.74) is 0. The summed E-state index contributed by atoms with van der Waals surface area (Å²) < 4.78 is 16.5. The second-order valence-electron chi connectivity index (χ2n) is 7.53. The number of rotatable bonds is 6. The third-order valence-corrected chi connectivity index (χ3v) is 5.67. The van der Waals surface area contributed by atoms with Gasteiger partial charge < -0.3 is 18.5 Å². The molecular weight excluding hydrogens is 344 g/mol. The van der Waals surface area contributed by atoms with Gasteiger partial charge in [0.2, 0.25) is 5.91 Å². The lowest BCUT2D eigenvalue weighted by molar-refractivity contribution is -0.139. The number of amides is 1. The third kappa shape index (κ3) is 4.62. The molecule has 0 saturated carbocycles. The van der Waals surface area contributed by atoms with Crippen molar-refractivity contribution in [3.63, 3.8) is 0 Å². The van der Waals surface area contributed by atoms with Gasteiger partial charge in [0.25, 0.3) is 0 Å². The van der Waals surface area contributed by atoms with E-state index < -0.39 is 0 Å². The van der Waals surface area contributed by atoms with Crippen molar-refractivity contribution in [1.82, 2.24) is 9.80 Å². The molecule has 2 aliphatic heterocycles. The summed E-state index contributed by atoms with van der Waals surface area (Å²) in [4.78, 5) is 17.7. The average molecular weight is 372 g/mol. The highest BCUT2D eigenvalue weighted by Gasteiger charge is 2.33. The van der Waals surface area contributed by atoms with Crippen LogP contribution in [0.25, 0.3) is 0 Å². The van der Waals surface area contributed by atoms with Crippen LogP contribution in [0.3, 0.4) is 0 Å². The molecule has 0 aromatic carbocycles. The van der Waals surface area contributed by atoms with E-state index in [0.29, 0.717) is 19.1 Å². The van der Waals surface area contributed by atoms with Crippen LogP contribution in [0.15, 0.2) is 45.6 Å². The SMILES string of the molecule is O=C(C1CCCN(C2CCOCC2)C1)N(Cc1ccco1)Cc1ccco1. The second-order valence-corrected chi connectivity index (χ2v) is 7.53. The number of likely N-dealkylation sites (tertiary alicyclic amines) is 1. The van der Waals surface area contributed by atoms with Crippen molar-refractivity contribution in [2.24, 2.45) is 5.92 Å². The van der Waals surface area contributed by atoms with E-state index in [2.05, 4.69) is 4.90 Å². The molecule has 2 aromatic rings.